The Balaban J connectivity index is 1.62. The van der Waals surface area contributed by atoms with Gasteiger partial charge in [0.15, 0.2) is 11.4 Å². The summed E-state index contributed by atoms with van der Waals surface area (Å²) in [6, 6.07) is 5.80. The molecule has 1 N–H and O–H groups in total. The Hall–Kier alpha value is -1.07. The van der Waals surface area contributed by atoms with E-state index in [4.69, 9.17) is 21.1 Å². The van der Waals surface area contributed by atoms with Crippen molar-refractivity contribution in [2.24, 2.45) is 0 Å². The van der Waals surface area contributed by atoms with E-state index >= 15 is 0 Å². The number of nitrogens with zero attached hydrogens (tertiary/aromatic N) is 1. The molecule has 1 aromatic heterocycles. The summed E-state index contributed by atoms with van der Waals surface area (Å²) >= 11 is 7.48. The van der Waals surface area contributed by atoms with Crippen LogP contribution in [0.3, 0.4) is 0 Å². The highest BCUT2D eigenvalue weighted by Crippen LogP contribution is 2.21. The van der Waals surface area contributed by atoms with E-state index in [1.54, 1.807) is 0 Å². The zero-order valence-corrected chi connectivity index (χ0v) is 15.7. The summed E-state index contributed by atoms with van der Waals surface area (Å²) in [6.07, 6.45) is 3.97. The molecule has 24 heavy (non-hydrogen) atoms. The standard InChI is InChI=1S/C16H18ClN2O3PS/c17-11-5-10(6-12(23)7-11)9-24-16-18-8-13(15(20)19-16)22-14-3-1-2-4-21-14/h5-8,14H,1-4,9,23H2,(H,18,19,20). The zero-order chi connectivity index (χ0) is 16.9. The van der Waals surface area contributed by atoms with Crippen LogP contribution in [0, 0.1) is 0 Å². The van der Waals surface area contributed by atoms with Crippen molar-refractivity contribution in [3.8, 4) is 5.75 Å². The summed E-state index contributed by atoms with van der Waals surface area (Å²) in [5.74, 6) is 0.859. The lowest BCUT2D eigenvalue weighted by Gasteiger charge is -2.22. The van der Waals surface area contributed by atoms with Crippen molar-refractivity contribution in [2.75, 3.05) is 6.61 Å². The second-order valence-corrected chi connectivity index (χ2v) is 7.54. The van der Waals surface area contributed by atoms with E-state index in [1.807, 2.05) is 18.2 Å². The lowest BCUT2D eigenvalue weighted by Crippen LogP contribution is -2.27. The topological polar surface area (TPSA) is 64.2 Å². The molecule has 0 aliphatic carbocycles. The van der Waals surface area contributed by atoms with Gasteiger partial charge in [-0.1, -0.05) is 29.4 Å². The number of ether oxygens (including phenoxy) is 2. The molecule has 3 rings (SSSR count). The second-order valence-electron chi connectivity index (χ2n) is 5.48. The molecular weight excluding hydrogens is 367 g/mol. The molecule has 128 valence electrons. The molecule has 1 aromatic carbocycles. The number of hydrogen-bond acceptors (Lipinski definition) is 5. The largest absolute Gasteiger partial charge is 0.458 e. The van der Waals surface area contributed by atoms with Crippen molar-refractivity contribution in [3.63, 3.8) is 0 Å². The molecule has 1 fully saturated rings. The molecule has 5 nitrogen and oxygen atoms in total. The number of aromatic amines is 1. The summed E-state index contributed by atoms with van der Waals surface area (Å²) < 4.78 is 11.0. The van der Waals surface area contributed by atoms with Crippen molar-refractivity contribution in [1.29, 1.82) is 0 Å². The van der Waals surface area contributed by atoms with Gasteiger partial charge in [-0.2, -0.15) is 0 Å². The number of aromatic nitrogens is 2. The smallest absolute Gasteiger partial charge is 0.294 e. The first-order valence-electron chi connectivity index (χ1n) is 7.65. The molecule has 2 unspecified atom stereocenters. The monoisotopic (exact) mass is 384 g/mol. The van der Waals surface area contributed by atoms with Gasteiger partial charge in [0.05, 0.1) is 12.8 Å². The third-order valence-corrected chi connectivity index (χ3v) is 5.01. The minimum atomic E-state index is -0.355. The maximum atomic E-state index is 12.1. The van der Waals surface area contributed by atoms with Crippen LogP contribution in [0.1, 0.15) is 24.8 Å². The average Bonchev–Trinajstić information content (AvgIpc) is 2.55. The van der Waals surface area contributed by atoms with Crippen LogP contribution in [0.2, 0.25) is 5.02 Å². The summed E-state index contributed by atoms with van der Waals surface area (Å²) in [5.41, 5.74) is 0.774. The average molecular weight is 385 g/mol. The van der Waals surface area contributed by atoms with Crippen molar-refractivity contribution in [2.45, 2.75) is 36.5 Å². The second kappa shape index (κ2) is 8.34. The summed E-state index contributed by atoms with van der Waals surface area (Å²) in [6.45, 7) is 0.668. The predicted molar refractivity (Wildman–Crippen MR) is 99.4 cm³/mol. The predicted octanol–water partition coefficient (Wildman–Crippen LogP) is 3.12. The van der Waals surface area contributed by atoms with Gasteiger partial charge in [0, 0.05) is 17.2 Å². The van der Waals surface area contributed by atoms with Crippen molar-refractivity contribution < 1.29 is 9.47 Å². The maximum Gasteiger partial charge on any atom is 0.294 e. The maximum absolute atomic E-state index is 12.1. The molecule has 0 saturated carbocycles. The number of halogens is 1. The fraction of sp³-hybridized carbons (Fsp3) is 0.375. The van der Waals surface area contributed by atoms with Crippen LogP contribution >= 0.6 is 32.6 Å². The highest BCUT2D eigenvalue weighted by atomic mass is 35.5. The van der Waals surface area contributed by atoms with Crippen LogP contribution in [0.25, 0.3) is 0 Å². The fourth-order valence-corrected chi connectivity index (χ4v) is 3.91. The van der Waals surface area contributed by atoms with Gasteiger partial charge in [-0.25, -0.2) is 4.98 Å². The normalized spacial score (nSPS) is 17.7. The van der Waals surface area contributed by atoms with Gasteiger partial charge in [-0.05, 0) is 35.8 Å². The molecule has 0 bridgehead atoms. The molecule has 1 aliphatic heterocycles. The Morgan fingerprint density at radius 1 is 1.42 bits per heavy atom. The lowest BCUT2D eigenvalue weighted by molar-refractivity contribution is -0.106. The molecular formula is C16H18ClN2O3PS. The van der Waals surface area contributed by atoms with E-state index in [0.29, 0.717) is 22.5 Å². The van der Waals surface area contributed by atoms with Gasteiger partial charge in [0.1, 0.15) is 0 Å². The van der Waals surface area contributed by atoms with Crippen LogP contribution < -0.4 is 15.6 Å². The third-order valence-electron chi connectivity index (χ3n) is 3.50. The molecule has 0 spiro atoms. The molecule has 2 heterocycles. The highest BCUT2D eigenvalue weighted by Gasteiger charge is 2.17. The van der Waals surface area contributed by atoms with Gasteiger partial charge in [0.25, 0.3) is 5.56 Å². The summed E-state index contributed by atoms with van der Waals surface area (Å²) in [7, 11) is 2.63. The van der Waals surface area contributed by atoms with Gasteiger partial charge in [-0.15, -0.1) is 9.24 Å². The Morgan fingerprint density at radius 3 is 3.00 bits per heavy atom. The van der Waals surface area contributed by atoms with Gasteiger partial charge >= 0.3 is 0 Å². The Morgan fingerprint density at radius 2 is 2.29 bits per heavy atom. The Kier molecular flexibility index (Phi) is 6.17. The number of benzene rings is 1. The SMILES string of the molecule is O=c1[nH]c(SCc2cc(P)cc(Cl)c2)ncc1OC1CCCCO1. The third kappa shape index (κ3) is 4.96. The first kappa shape index (κ1) is 17.7. The van der Waals surface area contributed by atoms with E-state index < -0.39 is 0 Å². The van der Waals surface area contributed by atoms with Crippen LogP contribution in [-0.2, 0) is 10.5 Å². The number of H-pyrrole nitrogens is 1. The van der Waals surface area contributed by atoms with Crippen LogP contribution in [-0.4, -0.2) is 22.9 Å². The molecule has 0 radical (unpaired) electrons. The van der Waals surface area contributed by atoms with Crippen LogP contribution in [0.5, 0.6) is 5.75 Å². The van der Waals surface area contributed by atoms with E-state index in [1.165, 1.54) is 18.0 Å². The lowest BCUT2D eigenvalue weighted by atomic mass is 10.2. The minimum Gasteiger partial charge on any atom is -0.458 e. The molecule has 1 aliphatic rings. The number of hydrogen-bond donors (Lipinski definition) is 1. The number of nitrogens with one attached hydrogen (secondary N) is 1. The zero-order valence-electron chi connectivity index (χ0n) is 13.0. The molecule has 0 amide bonds. The minimum absolute atomic E-state index is 0.196. The first-order valence-corrected chi connectivity index (χ1v) is 9.59. The first-order chi connectivity index (χ1) is 11.6. The molecule has 1 saturated heterocycles. The van der Waals surface area contributed by atoms with Gasteiger partial charge in [0.2, 0.25) is 5.75 Å². The van der Waals surface area contributed by atoms with Crippen molar-refractivity contribution >= 4 is 37.9 Å². The Labute approximate surface area is 151 Å². The summed E-state index contributed by atoms with van der Waals surface area (Å²) in [4.78, 5) is 19.1. The highest BCUT2D eigenvalue weighted by molar-refractivity contribution is 7.98. The quantitative estimate of drug-likeness (QED) is 0.487. The van der Waals surface area contributed by atoms with E-state index in [0.717, 1.165) is 30.1 Å². The molecule has 2 aromatic rings. The van der Waals surface area contributed by atoms with Crippen LogP contribution in [0.4, 0.5) is 0 Å². The molecule has 2 atom stereocenters. The van der Waals surface area contributed by atoms with Crippen LogP contribution in [0.15, 0.2) is 34.3 Å². The van der Waals surface area contributed by atoms with Gasteiger partial charge < -0.3 is 9.47 Å². The van der Waals surface area contributed by atoms with E-state index in [9.17, 15) is 4.79 Å². The fourth-order valence-electron chi connectivity index (χ4n) is 2.38. The van der Waals surface area contributed by atoms with E-state index in [2.05, 4.69) is 19.2 Å². The number of rotatable bonds is 5. The Bertz CT molecular complexity index is 745. The van der Waals surface area contributed by atoms with Crippen molar-refractivity contribution in [1.82, 2.24) is 9.97 Å². The van der Waals surface area contributed by atoms with E-state index in [-0.39, 0.29) is 17.6 Å². The van der Waals surface area contributed by atoms with Crippen molar-refractivity contribution in [3.05, 3.63) is 45.3 Å². The van der Waals surface area contributed by atoms with Gasteiger partial charge in [-0.3, -0.25) is 9.78 Å². The number of thioether (sulfide) groups is 1. The summed E-state index contributed by atoms with van der Waals surface area (Å²) in [5, 5.41) is 2.26. The molecule has 8 heteroatoms.